The van der Waals surface area contributed by atoms with Gasteiger partial charge >= 0.3 is 0 Å². The summed E-state index contributed by atoms with van der Waals surface area (Å²) in [6, 6.07) is 13.7. The third-order valence-electron chi connectivity index (χ3n) is 3.44. The summed E-state index contributed by atoms with van der Waals surface area (Å²) in [5, 5.41) is 7.40. The van der Waals surface area contributed by atoms with Crippen LogP contribution >= 0.6 is 23.2 Å². The largest absolute Gasteiger partial charge is 0.489 e. The van der Waals surface area contributed by atoms with Crippen molar-refractivity contribution in [1.82, 2.24) is 5.16 Å². The first-order valence-electron chi connectivity index (χ1n) is 7.93. The van der Waals surface area contributed by atoms with Gasteiger partial charge in [0, 0.05) is 11.6 Å². The van der Waals surface area contributed by atoms with E-state index in [0.717, 1.165) is 0 Å². The molecule has 0 spiro atoms. The standard InChI is InChI=1S/C19H16Cl2N2O3/c1-11(2)25-17-8-7-12(9-14(17)21)18-10-16(23-26-18)19(24)22-15-6-4-3-5-13(15)20/h3-11H,1-2H3,(H,22,24). The van der Waals surface area contributed by atoms with Crippen LogP contribution in [0.15, 0.2) is 53.1 Å². The average molecular weight is 391 g/mol. The lowest BCUT2D eigenvalue weighted by Crippen LogP contribution is -2.12. The summed E-state index contributed by atoms with van der Waals surface area (Å²) in [6.07, 6.45) is 0.0174. The lowest BCUT2D eigenvalue weighted by molar-refractivity contribution is 0.101. The van der Waals surface area contributed by atoms with Gasteiger partial charge in [-0.25, -0.2) is 0 Å². The number of ether oxygens (including phenoxy) is 1. The van der Waals surface area contributed by atoms with Crippen molar-refractivity contribution in [2.45, 2.75) is 20.0 Å². The first-order valence-corrected chi connectivity index (χ1v) is 8.69. The molecule has 0 atom stereocenters. The molecule has 0 aliphatic heterocycles. The van der Waals surface area contributed by atoms with Gasteiger partial charge in [-0.3, -0.25) is 4.79 Å². The molecule has 134 valence electrons. The molecule has 3 rings (SSSR count). The smallest absolute Gasteiger partial charge is 0.277 e. The van der Waals surface area contributed by atoms with Crippen LogP contribution in [0.2, 0.25) is 10.0 Å². The highest BCUT2D eigenvalue weighted by molar-refractivity contribution is 6.34. The third-order valence-corrected chi connectivity index (χ3v) is 4.07. The van der Waals surface area contributed by atoms with Gasteiger partial charge in [0.25, 0.3) is 5.91 Å². The zero-order chi connectivity index (χ0) is 18.7. The van der Waals surface area contributed by atoms with E-state index < -0.39 is 5.91 Å². The Morgan fingerprint density at radius 3 is 2.58 bits per heavy atom. The Balaban J connectivity index is 1.78. The minimum Gasteiger partial charge on any atom is -0.489 e. The monoisotopic (exact) mass is 390 g/mol. The van der Waals surface area contributed by atoms with Gasteiger partial charge in [0.15, 0.2) is 11.5 Å². The molecular weight excluding hydrogens is 375 g/mol. The molecule has 0 fully saturated rings. The normalized spacial score (nSPS) is 10.8. The maximum Gasteiger partial charge on any atom is 0.277 e. The van der Waals surface area contributed by atoms with Crippen LogP contribution in [0.4, 0.5) is 5.69 Å². The number of nitrogens with zero attached hydrogens (tertiary/aromatic N) is 1. The van der Waals surface area contributed by atoms with Gasteiger partial charge in [0.1, 0.15) is 5.75 Å². The number of hydrogen-bond acceptors (Lipinski definition) is 4. The topological polar surface area (TPSA) is 64.4 Å². The number of aromatic nitrogens is 1. The van der Waals surface area contributed by atoms with Gasteiger partial charge in [-0.05, 0) is 44.2 Å². The number of halogens is 2. The van der Waals surface area contributed by atoms with Crippen LogP contribution in [-0.2, 0) is 0 Å². The number of anilines is 1. The van der Waals surface area contributed by atoms with Crippen LogP contribution in [0, 0.1) is 0 Å². The summed E-state index contributed by atoms with van der Waals surface area (Å²) in [7, 11) is 0. The fraction of sp³-hybridized carbons (Fsp3) is 0.158. The van der Waals surface area contributed by atoms with Crippen LogP contribution < -0.4 is 10.1 Å². The van der Waals surface area contributed by atoms with Crippen LogP contribution in [0.5, 0.6) is 5.75 Å². The van der Waals surface area contributed by atoms with Crippen molar-refractivity contribution in [3.63, 3.8) is 0 Å². The number of rotatable bonds is 5. The second kappa shape index (κ2) is 7.81. The number of amides is 1. The molecule has 0 radical (unpaired) electrons. The molecule has 0 bridgehead atoms. The lowest BCUT2D eigenvalue weighted by atomic mass is 10.1. The molecule has 7 heteroatoms. The molecule has 26 heavy (non-hydrogen) atoms. The SMILES string of the molecule is CC(C)Oc1ccc(-c2cc(C(=O)Nc3ccccc3Cl)no2)cc1Cl. The van der Waals surface area contributed by atoms with Gasteiger partial charge in [-0.1, -0.05) is 40.5 Å². The first-order chi connectivity index (χ1) is 12.4. The van der Waals surface area contributed by atoms with E-state index in [2.05, 4.69) is 10.5 Å². The van der Waals surface area contributed by atoms with E-state index >= 15 is 0 Å². The molecule has 1 amide bonds. The second-order valence-electron chi connectivity index (χ2n) is 5.82. The predicted molar refractivity (Wildman–Crippen MR) is 102 cm³/mol. The first kappa shape index (κ1) is 18.3. The molecule has 0 aliphatic rings. The number of carbonyl (C=O) groups is 1. The van der Waals surface area contributed by atoms with Gasteiger partial charge in [0.2, 0.25) is 0 Å². The van der Waals surface area contributed by atoms with Crippen molar-refractivity contribution in [1.29, 1.82) is 0 Å². The molecule has 3 aromatic rings. The van der Waals surface area contributed by atoms with Gasteiger partial charge in [-0.2, -0.15) is 0 Å². The number of para-hydroxylation sites is 1. The van der Waals surface area contributed by atoms with E-state index in [4.69, 9.17) is 32.5 Å². The molecule has 1 heterocycles. The lowest BCUT2D eigenvalue weighted by Gasteiger charge is -2.11. The second-order valence-corrected chi connectivity index (χ2v) is 6.64. The van der Waals surface area contributed by atoms with E-state index in [1.54, 1.807) is 48.5 Å². The van der Waals surface area contributed by atoms with Crippen molar-refractivity contribution in [3.8, 4) is 17.1 Å². The van der Waals surface area contributed by atoms with E-state index in [1.165, 1.54) is 0 Å². The fourth-order valence-electron chi connectivity index (χ4n) is 2.27. The van der Waals surface area contributed by atoms with Gasteiger partial charge in [-0.15, -0.1) is 0 Å². The average Bonchev–Trinajstić information content (AvgIpc) is 3.08. The fourth-order valence-corrected chi connectivity index (χ4v) is 2.68. The van der Waals surface area contributed by atoms with Crippen molar-refractivity contribution >= 4 is 34.8 Å². The van der Waals surface area contributed by atoms with Crippen LogP contribution in [0.1, 0.15) is 24.3 Å². The Labute approximate surface area is 160 Å². The molecular formula is C19H16Cl2N2O3. The van der Waals surface area contributed by atoms with E-state index in [9.17, 15) is 4.79 Å². The highest BCUT2D eigenvalue weighted by Gasteiger charge is 2.16. The number of benzene rings is 2. The number of carbonyl (C=O) groups excluding carboxylic acids is 1. The van der Waals surface area contributed by atoms with Crippen molar-refractivity contribution in [2.24, 2.45) is 0 Å². The maximum absolute atomic E-state index is 12.3. The Morgan fingerprint density at radius 2 is 1.88 bits per heavy atom. The maximum atomic E-state index is 12.3. The molecule has 5 nitrogen and oxygen atoms in total. The number of hydrogen-bond donors (Lipinski definition) is 1. The van der Waals surface area contributed by atoms with E-state index in [0.29, 0.717) is 32.8 Å². The third kappa shape index (κ3) is 4.18. The molecule has 1 N–H and O–H groups in total. The summed E-state index contributed by atoms with van der Waals surface area (Å²) in [4.78, 5) is 12.3. The van der Waals surface area contributed by atoms with Crippen LogP contribution in [-0.4, -0.2) is 17.2 Å². The van der Waals surface area contributed by atoms with Crippen LogP contribution in [0.25, 0.3) is 11.3 Å². The highest BCUT2D eigenvalue weighted by atomic mass is 35.5. The minimum atomic E-state index is -0.418. The quantitative estimate of drug-likeness (QED) is 0.607. The summed E-state index contributed by atoms with van der Waals surface area (Å²) < 4.78 is 10.9. The minimum absolute atomic E-state index is 0.0174. The molecule has 1 aromatic heterocycles. The molecule has 0 unspecified atom stereocenters. The predicted octanol–water partition coefficient (Wildman–Crippen LogP) is 5.69. The zero-order valence-corrected chi connectivity index (χ0v) is 15.6. The van der Waals surface area contributed by atoms with Crippen molar-refractivity contribution in [2.75, 3.05) is 5.32 Å². The Hall–Kier alpha value is -2.50. The van der Waals surface area contributed by atoms with Gasteiger partial charge < -0.3 is 14.6 Å². The summed E-state index contributed by atoms with van der Waals surface area (Å²) >= 11 is 12.3. The molecule has 0 saturated carbocycles. The molecule has 0 aliphatic carbocycles. The number of nitrogens with one attached hydrogen (secondary N) is 1. The Kier molecular flexibility index (Phi) is 5.49. The van der Waals surface area contributed by atoms with Gasteiger partial charge in [0.05, 0.1) is 21.8 Å². The van der Waals surface area contributed by atoms with E-state index in [-0.39, 0.29) is 11.8 Å². The summed E-state index contributed by atoms with van der Waals surface area (Å²) in [5.41, 5.74) is 1.33. The summed E-state index contributed by atoms with van der Waals surface area (Å²) in [5.74, 6) is 0.591. The van der Waals surface area contributed by atoms with E-state index in [1.807, 2.05) is 13.8 Å². The highest BCUT2D eigenvalue weighted by Crippen LogP contribution is 2.31. The van der Waals surface area contributed by atoms with Crippen molar-refractivity contribution in [3.05, 3.63) is 64.3 Å². The zero-order valence-electron chi connectivity index (χ0n) is 14.1. The summed E-state index contributed by atoms with van der Waals surface area (Å²) in [6.45, 7) is 3.84. The van der Waals surface area contributed by atoms with Crippen molar-refractivity contribution < 1.29 is 14.1 Å². The molecule has 0 saturated heterocycles. The Morgan fingerprint density at radius 1 is 1.12 bits per heavy atom. The Bertz CT molecular complexity index is 938. The molecule has 2 aromatic carbocycles. The van der Waals surface area contributed by atoms with Crippen LogP contribution in [0.3, 0.4) is 0 Å².